The fourth-order valence-electron chi connectivity index (χ4n) is 4.89. The van der Waals surface area contributed by atoms with Crippen molar-refractivity contribution in [3.63, 3.8) is 0 Å². The molecule has 1 unspecified atom stereocenters. The number of carbonyl (C=O) groups excluding carboxylic acids is 1. The zero-order chi connectivity index (χ0) is 29.0. The van der Waals surface area contributed by atoms with Gasteiger partial charge in [-0.25, -0.2) is 13.2 Å². The van der Waals surface area contributed by atoms with Crippen LogP contribution in [-0.2, 0) is 46.6 Å². The molecule has 0 saturated heterocycles. The molecule has 1 aliphatic heterocycles. The lowest BCUT2D eigenvalue weighted by molar-refractivity contribution is -0.142. The lowest BCUT2D eigenvalue weighted by atomic mass is 10.1. The van der Waals surface area contributed by atoms with Crippen molar-refractivity contribution in [2.45, 2.75) is 56.3 Å². The Labute approximate surface area is 233 Å². The Morgan fingerprint density at radius 2 is 1.70 bits per heavy atom. The largest absolute Gasteiger partial charge is 0.468 e. The van der Waals surface area contributed by atoms with Crippen LogP contribution in [0.1, 0.15) is 37.3 Å². The first-order valence-corrected chi connectivity index (χ1v) is 14.6. The van der Waals surface area contributed by atoms with Gasteiger partial charge >= 0.3 is 11.7 Å². The molecule has 0 aliphatic carbocycles. The highest BCUT2D eigenvalue weighted by Crippen LogP contribution is 2.33. The normalized spacial score (nSPS) is 15.4. The van der Waals surface area contributed by atoms with Crippen LogP contribution in [0.4, 0.5) is 11.5 Å². The number of hydrogen-bond donors (Lipinski definition) is 2. The Morgan fingerprint density at radius 1 is 1.02 bits per heavy atom. The number of sulfonamides is 1. The molecule has 1 aliphatic rings. The van der Waals surface area contributed by atoms with Crippen molar-refractivity contribution in [3.05, 3.63) is 86.6 Å². The van der Waals surface area contributed by atoms with Crippen molar-refractivity contribution < 1.29 is 17.9 Å². The van der Waals surface area contributed by atoms with Crippen LogP contribution in [0.2, 0.25) is 0 Å². The van der Waals surface area contributed by atoms with Gasteiger partial charge in [0.1, 0.15) is 23.7 Å². The molecule has 214 valence electrons. The molecule has 2 atom stereocenters. The number of fused-ring (bicyclic) bond motifs is 1. The molecule has 12 heteroatoms. The smallest absolute Gasteiger partial charge is 0.332 e. The van der Waals surface area contributed by atoms with E-state index in [1.165, 1.54) is 30.9 Å². The molecule has 2 aromatic carbocycles. The average Bonchev–Trinajstić information content (AvgIpc) is 3.31. The number of methoxy groups -OCH3 is 1. The fourth-order valence-corrected chi connectivity index (χ4v) is 6.07. The van der Waals surface area contributed by atoms with E-state index < -0.39 is 27.7 Å². The summed E-state index contributed by atoms with van der Waals surface area (Å²) in [6.45, 7) is 2.43. The van der Waals surface area contributed by atoms with Crippen LogP contribution >= 0.6 is 0 Å². The maximum atomic E-state index is 13.2. The fraction of sp³-hybridized carbons (Fsp3) is 0.393. The minimum atomic E-state index is -4.04. The Morgan fingerprint density at radius 3 is 2.33 bits per heavy atom. The molecule has 40 heavy (non-hydrogen) atoms. The van der Waals surface area contributed by atoms with Crippen molar-refractivity contribution in [2.75, 3.05) is 17.3 Å². The first-order valence-electron chi connectivity index (χ1n) is 13.1. The predicted molar refractivity (Wildman–Crippen MR) is 153 cm³/mol. The highest BCUT2D eigenvalue weighted by Gasteiger charge is 2.34. The minimum absolute atomic E-state index is 0.00182. The van der Waals surface area contributed by atoms with E-state index in [2.05, 4.69) is 17.0 Å². The summed E-state index contributed by atoms with van der Waals surface area (Å²) in [4.78, 5) is 39.8. The van der Waals surface area contributed by atoms with E-state index in [0.29, 0.717) is 18.1 Å². The van der Waals surface area contributed by atoms with Gasteiger partial charge in [-0.05, 0) is 42.5 Å². The van der Waals surface area contributed by atoms with Gasteiger partial charge in [0.15, 0.2) is 0 Å². The third kappa shape index (κ3) is 5.97. The highest BCUT2D eigenvalue weighted by molar-refractivity contribution is 7.89. The SMILES string of the molecule is CCCCC1Nc2c(n(C)c(=O)n(C)c2=O)N1Cc1ccc(S(=O)(=O)N[C@@H](Cc2ccccc2)C(=O)OC)cc1. The van der Waals surface area contributed by atoms with E-state index in [1.54, 1.807) is 19.2 Å². The van der Waals surface area contributed by atoms with Crippen LogP contribution in [0, 0.1) is 0 Å². The highest BCUT2D eigenvalue weighted by atomic mass is 32.2. The molecule has 3 aromatic rings. The van der Waals surface area contributed by atoms with Gasteiger partial charge < -0.3 is 15.0 Å². The number of nitrogens with one attached hydrogen (secondary N) is 2. The lowest BCUT2D eigenvalue weighted by Gasteiger charge is -2.28. The molecule has 0 amide bonds. The molecule has 0 fully saturated rings. The van der Waals surface area contributed by atoms with Crippen molar-refractivity contribution in [3.8, 4) is 0 Å². The summed E-state index contributed by atoms with van der Waals surface area (Å²) < 4.78 is 36.2. The molecule has 2 N–H and O–H groups in total. The quantitative estimate of drug-likeness (QED) is 0.336. The van der Waals surface area contributed by atoms with Gasteiger partial charge in [-0.1, -0.05) is 55.8 Å². The zero-order valence-corrected chi connectivity index (χ0v) is 23.9. The summed E-state index contributed by atoms with van der Waals surface area (Å²) in [6.07, 6.45) is 2.59. The van der Waals surface area contributed by atoms with E-state index in [4.69, 9.17) is 4.74 Å². The lowest BCUT2D eigenvalue weighted by Crippen LogP contribution is -2.43. The average molecular weight is 570 g/mol. The molecule has 11 nitrogen and oxygen atoms in total. The Kier molecular flexibility index (Phi) is 8.79. The van der Waals surface area contributed by atoms with Crippen molar-refractivity contribution in [1.29, 1.82) is 0 Å². The van der Waals surface area contributed by atoms with E-state index >= 15 is 0 Å². The van der Waals surface area contributed by atoms with Gasteiger partial charge in [0, 0.05) is 20.6 Å². The summed E-state index contributed by atoms with van der Waals surface area (Å²) in [5.74, 6) is -0.173. The third-order valence-electron chi connectivity index (χ3n) is 7.08. The molecule has 0 radical (unpaired) electrons. The van der Waals surface area contributed by atoms with Crippen LogP contribution < -0.4 is 26.2 Å². The van der Waals surface area contributed by atoms with Crippen LogP contribution in [0.3, 0.4) is 0 Å². The summed E-state index contributed by atoms with van der Waals surface area (Å²) in [6, 6.07) is 14.3. The number of benzene rings is 2. The van der Waals surface area contributed by atoms with Crippen LogP contribution in [0.5, 0.6) is 0 Å². The van der Waals surface area contributed by atoms with Crippen molar-refractivity contribution in [1.82, 2.24) is 13.9 Å². The van der Waals surface area contributed by atoms with Gasteiger partial charge in [0.2, 0.25) is 10.0 Å². The monoisotopic (exact) mass is 569 g/mol. The van der Waals surface area contributed by atoms with Crippen LogP contribution in [0.15, 0.2) is 69.1 Å². The molecule has 0 saturated carbocycles. The van der Waals surface area contributed by atoms with E-state index in [9.17, 15) is 22.8 Å². The standard InChI is InChI=1S/C28H35N5O6S/c1-5-6-12-23-29-24-25(31(2)28(36)32(3)26(24)34)33(23)18-20-13-15-21(16-14-20)40(37,38)30-22(27(35)39-4)17-19-10-8-7-9-11-19/h7-11,13-16,22-23,29-30H,5-6,12,17-18H2,1-4H3/t22-,23?/m0/s1. The second-order valence-electron chi connectivity index (χ2n) is 9.87. The van der Waals surface area contributed by atoms with Gasteiger partial charge in [-0.2, -0.15) is 4.72 Å². The molecule has 0 bridgehead atoms. The first kappa shape index (κ1) is 29.1. The van der Waals surface area contributed by atoms with Gasteiger partial charge in [-0.3, -0.25) is 18.7 Å². The predicted octanol–water partition coefficient (Wildman–Crippen LogP) is 2.10. The van der Waals surface area contributed by atoms with Crippen LogP contribution in [-0.4, -0.2) is 42.8 Å². The topological polar surface area (TPSA) is 132 Å². The van der Waals surface area contributed by atoms with Gasteiger partial charge in [0.25, 0.3) is 5.56 Å². The summed E-state index contributed by atoms with van der Waals surface area (Å²) in [5, 5.41) is 3.29. The maximum Gasteiger partial charge on any atom is 0.332 e. The summed E-state index contributed by atoms with van der Waals surface area (Å²) in [5.41, 5.74) is 1.15. The second kappa shape index (κ2) is 12.1. The summed E-state index contributed by atoms with van der Waals surface area (Å²) in [7, 11) is 0.261. The van der Waals surface area contributed by atoms with E-state index in [0.717, 1.165) is 35.0 Å². The van der Waals surface area contributed by atoms with Gasteiger partial charge in [-0.15, -0.1) is 0 Å². The van der Waals surface area contributed by atoms with Crippen molar-refractivity contribution in [2.24, 2.45) is 14.1 Å². The Bertz CT molecular complexity index is 1580. The molecule has 0 spiro atoms. The van der Waals surface area contributed by atoms with Crippen LogP contribution in [0.25, 0.3) is 0 Å². The number of unbranched alkanes of at least 4 members (excludes halogenated alkanes) is 1. The summed E-state index contributed by atoms with van der Waals surface area (Å²) >= 11 is 0. The number of anilines is 2. The van der Waals surface area contributed by atoms with E-state index in [1.807, 2.05) is 35.2 Å². The Balaban J connectivity index is 1.58. The first-order chi connectivity index (χ1) is 19.1. The third-order valence-corrected chi connectivity index (χ3v) is 8.56. The molecule has 4 rings (SSSR count). The molecular formula is C28H35N5O6S. The number of ether oxygens (including phenoxy) is 1. The number of carbonyl (C=O) groups is 1. The molecule has 1 aromatic heterocycles. The van der Waals surface area contributed by atoms with Gasteiger partial charge in [0.05, 0.1) is 12.0 Å². The minimum Gasteiger partial charge on any atom is -0.468 e. The Hall–Kier alpha value is -3.90. The van der Waals surface area contributed by atoms with Crippen molar-refractivity contribution >= 4 is 27.5 Å². The molecule has 2 heterocycles. The number of hydrogen-bond acceptors (Lipinski definition) is 8. The number of aromatic nitrogens is 2. The second-order valence-corrected chi connectivity index (χ2v) is 11.6. The zero-order valence-electron chi connectivity index (χ0n) is 23.1. The van der Waals surface area contributed by atoms with E-state index in [-0.39, 0.29) is 23.0 Å². The molecular weight excluding hydrogens is 534 g/mol. The number of esters is 1. The number of rotatable bonds is 11. The maximum absolute atomic E-state index is 13.2. The number of nitrogens with zero attached hydrogens (tertiary/aromatic N) is 3.